The van der Waals surface area contributed by atoms with Crippen LogP contribution in [0, 0.1) is 17.8 Å². The van der Waals surface area contributed by atoms with Crippen LogP contribution in [0.3, 0.4) is 0 Å². The third-order valence-electron chi connectivity index (χ3n) is 7.47. The van der Waals surface area contributed by atoms with E-state index >= 15 is 0 Å². The Bertz CT molecular complexity index is 1070. The number of likely N-dealkylation sites (tertiary alicyclic amines) is 1. The molecule has 0 bridgehead atoms. The quantitative estimate of drug-likeness (QED) is 0.761. The van der Waals surface area contributed by atoms with Gasteiger partial charge in [0.1, 0.15) is 0 Å². The molecule has 1 aromatic rings. The van der Waals surface area contributed by atoms with Crippen LogP contribution in [0.15, 0.2) is 59.6 Å². The summed E-state index contributed by atoms with van der Waals surface area (Å²) in [6, 6.07) is 5.86. The summed E-state index contributed by atoms with van der Waals surface area (Å²) in [6.07, 6.45) is 9.14. The number of allylic oxidation sites excluding steroid dienone is 4. The fourth-order valence-corrected chi connectivity index (χ4v) is 5.55. The lowest BCUT2D eigenvalue weighted by Gasteiger charge is -2.32. The minimum atomic E-state index is -0.0106. The Kier molecular flexibility index (Phi) is 5.79. The van der Waals surface area contributed by atoms with Crippen molar-refractivity contribution < 1.29 is 14.3 Å². The summed E-state index contributed by atoms with van der Waals surface area (Å²) in [4.78, 5) is 17.8. The lowest BCUT2D eigenvalue weighted by molar-refractivity contribution is -0.122. The summed E-state index contributed by atoms with van der Waals surface area (Å²) >= 11 is 0. The van der Waals surface area contributed by atoms with Crippen LogP contribution in [-0.2, 0) is 4.79 Å². The van der Waals surface area contributed by atoms with Gasteiger partial charge in [-0.15, -0.1) is 0 Å². The van der Waals surface area contributed by atoms with Crippen LogP contribution in [-0.4, -0.2) is 56.1 Å². The van der Waals surface area contributed by atoms with E-state index in [9.17, 15) is 4.79 Å². The molecule has 5 rings (SSSR count). The molecule has 1 N–H and O–H groups in total. The Morgan fingerprint density at radius 1 is 1.03 bits per heavy atom. The number of methoxy groups -OCH3 is 2. The van der Waals surface area contributed by atoms with E-state index in [1.165, 1.54) is 0 Å². The van der Waals surface area contributed by atoms with Gasteiger partial charge in [-0.2, -0.15) is 0 Å². The average molecular weight is 448 g/mol. The van der Waals surface area contributed by atoms with Crippen LogP contribution in [0.2, 0.25) is 0 Å². The number of ether oxygens (including phenoxy) is 2. The molecule has 0 spiro atoms. The number of carbonyl (C=O) groups is 1. The molecule has 2 saturated heterocycles. The van der Waals surface area contributed by atoms with Gasteiger partial charge in [0.05, 0.1) is 19.9 Å². The maximum absolute atomic E-state index is 13.6. The minimum absolute atomic E-state index is 0.0106. The Labute approximate surface area is 196 Å². The highest BCUT2D eigenvalue weighted by Crippen LogP contribution is 2.38. The maximum atomic E-state index is 13.6. The first kappa shape index (κ1) is 21.8. The Morgan fingerprint density at radius 3 is 2.45 bits per heavy atom. The van der Waals surface area contributed by atoms with E-state index in [1.807, 2.05) is 29.3 Å². The highest BCUT2D eigenvalue weighted by molar-refractivity contribution is 5.98. The van der Waals surface area contributed by atoms with Crippen molar-refractivity contribution in [3.63, 3.8) is 0 Å². The molecule has 3 atom stereocenters. The molecule has 4 aliphatic rings. The highest BCUT2D eigenvalue weighted by Gasteiger charge is 2.37. The van der Waals surface area contributed by atoms with Crippen molar-refractivity contribution in [1.29, 1.82) is 0 Å². The molecule has 0 radical (unpaired) electrons. The van der Waals surface area contributed by atoms with Gasteiger partial charge in [-0.05, 0) is 66.0 Å². The second-order valence-corrected chi connectivity index (χ2v) is 9.57. The third kappa shape index (κ3) is 3.97. The molecule has 2 fully saturated rings. The van der Waals surface area contributed by atoms with E-state index in [0.717, 1.165) is 60.7 Å². The zero-order chi connectivity index (χ0) is 23.1. The first-order valence-corrected chi connectivity index (χ1v) is 11.8. The third-order valence-corrected chi connectivity index (χ3v) is 7.47. The topological polar surface area (TPSA) is 54.0 Å². The fourth-order valence-electron chi connectivity index (χ4n) is 5.55. The summed E-state index contributed by atoms with van der Waals surface area (Å²) < 4.78 is 10.9. The molecule has 4 aliphatic heterocycles. The summed E-state index contributed by atoms with van der Waals surface area (Å²) in [6.45, 7) is 8.59. The van der Waals surface area contributed by atoms with E-state index < -0.39 is 0 Å². The SMILES string of the molecule is COc1ccc(C2=CC(=O)N3C=C(N4CC5CNCC5C4)C=C(C)C3=CCC2C)cc1OC. The normalized spacial score (nSPS) is 27.0. The van der Waals surface area contributed by atoms with E-state index in [1.54, 1.807) is 20.3 Å². The van der Waals surface area contributed by atoms with Crippen molar-refractivity contribution in [3.8, 4) is 11.5 Å². The van der Waals surface area contributed by atoms with Crippen LogP contribution in [0.4, 0.5) is 0 Å². The molecule has 174 valence electrons. The van der Waals surface area contributed by atoms with E-state index in [4.69, 9.17) is 9.47 Å². The predicted octanol–water partition coefficient (Wildman–Crippen LogP) is 3.79. The van der Waals surface area contributed by atoms with Crippen molar-refractivity contribution in [1.82, 2.24) is 15.1 Å². The molecule has 1 aromatic carbocycles. The molecule has 1 amide bonds. The van der Waals surface area contributed by atoms with Crippen LogP contribution >= 0.6 is 0 Å². The first-order valence-electron chi connectivity index (χ1n) is 11.8. The minimum Gasteiger partial charge on any atom is -0.493 e. The molecule has 4 heterocycles. The molecule has 0 aromatic heterocycles. The van der Waals surface area contributed by atoms with Crippen molar-refractivity contribution >= 4 is 11.5 Å². The number of fused-ring (bicyclic) bond motifs is 2. The van der Waals surface area contributed by atoms with Crippen LogP contribution in [0.25, 0.3) is 5.57 Å². The number of amides is 1. The van der Waals surface area contributed by atoms with Crippen LogP contribution in [0.5, 0.6) is 11.5 Å². The molecule has 6 nitrogen and oxygen atoms in total. The highest BCUT2D eigenvalue weighted by atomic mass is 16.5. The second-order valence-electron chi connectivity index (χ2n) is 9.57. The van der Waals surface area contributed by atoms with E-state index in [2.05, 4.69) is 36.2 Å². The number of nitrogens with zero attached hydrogens (tertiary/aromatic N) is 2. The molecule has 3 unspecified atom stereocenters. The maximum Gasteiger partial charge on any atom is 0.255 e. The average Bonchev–Trinajstić information content (AvgIpc) is 3.42. The molecule has 6 heteroatoms. The standard InChI is InChI=1S/C27H33N3O3/c1-17-5-7-24-18(2)9-22(29-14-20-12-28-13-21(20)15-29)16-30(24)27(31)11-23(17)19-6-8-25(32-3)26(10-19)33-4/h6-11,16-17,20-21,28H,5,12-15H2,1-4H3. The Morgan fingerprint density at radius 2 is 1.76 bits per heavy atom. The van der Waals surface area contributed by atoms with Crippen LogP contribution < -0.4 is 14.8 Å². The smallest absolute Gasteiger partial charge is 0.255 e. The number of hydrogen-bond acceptors (Lipinski definition) is 5. The summed E-state index contributed by atoms with van der Waals surface area (Å²) in [5.41, 5.74) is 5.28. The molecule has 33 heavy (non-hydrogen) atoms. The Hall–Kier alpha value is -2.99. The van der Waals surface area contributed by atoms with Gasteiger partial charge in [0, 0.05) is 44.2 Å². The van der Waals surface area contributed by atoms with Gasteiger partial charge in [-0.3, -0.25) is 9.69 Å². The van der Waals surface area contributed by atoms with Gasteiger partial charge in [0.25, 0.3) is 5.91 Å². The number of carbonyl (C=O) groups excluding carboxylic acids is 1. The van der Waals surface area contributed by atoms with Gasteiger partial charge >= 0.3 is 0 Å². The van der Waals surface area contributed by atoms with Crippen molar-refractivity contribution in [2.24, 2.45) is 17.8 Å². The van der Waals surface area contributed by atoms with Gasteiger partial charge in [-0.25, -0.2) is 0 Å². The van der Waals surface area contributed by atoms with Crippen LogP contribution in [0.1, 0.15) is 25.8 Å². The second kappa shape index (κ2) is 8.75. The van der Waals surface area contributed by atoms with E-state index in [0.29, 0.717) is 23.3 Å². The zero-order valence-electron chi connectivity index (χ0n) is 19.9. The predicted molar refractivity (Wildman–Crippen MR) is 129 cm³/mol. The van der Waals surface area contributed by atoms with Gasteiger partial charge in [0.15, 0.2) is 11.5 Å². The molecular weight excluding hydrogens is 414 g/mol. The number of benzene rings is 1. The number of rotatable bonds is 4. The van der Waals surface area contributed by atoms with E-state index in [-0.39, 0.29) is 11.8 Å². The molecule has 0 saturated carbocycles. The zero-order valence-corrected chi connectivity index (χ0v) is 19.9. The largest absolute Gasteiger partial charge is 0.493 e. The fraction of sp³-hybridized carbons (Fsp3) is 0.444. The molecule has 0 aliphatic carbocycles. The van der Waals surface area contributed by atoms with Gasteiger partial charge in [-0.1, -0.05) is 19.1 Å². The van der Waals surface area contributed by atoms with Crippen molar-refractivity contribution in [2.45, 2.75) is 20.3 Å². The van der Waals surface area contributed by atoms with Crippen molar-refractivity contribution in [2.75, 3.05) is 40.4 Å². The monoisotopic (exact) mass is 447 g/mol. The Balaban J connectivity index is 1.47. The summed E-state index contributed by atoms with van der Waals surface area (Å²) in [7, 11) is 3.26. The first-order chi connectivity index (χ1) is 16.0. The number of hydrogen-bond donors (Lipinski definition) is 1. The lowest BCUT2D eigenvalue weighted by Crippen LogP contribution is -2.32. The summed E-state index contributed by atoms with van der Waals surface area (Å²) in [5, 5.41) is 3.50. The lowest BCUT2D eigenvalue weighted by atomic mass is 9.88. The van der Waals surface area contributed by atoms with Gasteiger partial charge in [0.2, 0.25) is 0 Å². The molecular formula is C27H33N3O3. The van der Waals surface area contributed by atoms with Gasteiger partial charge < -0.3 is 19.7 Å². The number of nitrogens with one attached hydrogen (secondary N) is 1. The van der Waals surface area contributed by atoms with Crippen molar-refractivity contribution in [3.05, 3.63) is 65.2 Å². The summed E-state index contributed by atoms with van der Waals surface area (Å²) in [5.74, 6) is 2.95.